The molecule has 0 fully saturated rings. The van der Waals surface area contributed by atoms with Crippen molar-refractivity contribution in [1.82, 2.24) is 4.90 Å². The third-order valence-electron chi connectivity index (χ3n) is 2.69. The lowest BCUT2D eigenvalue weighted by Crippen LogP contribution is -2.35. The van der Waals surface area contributed by atoms with E-state index in [0.29, 0.717) is 24.8 Å². The third kappa shape index (κ3) is 5.78. The average molecular weight is 214 g/mol. The van der Waals surface area contributed by atoms with Crippen LogP contribution < -0.4 is 5.73 Å². The van der Waals surface area contributed by atoms with Crippen LogP contribution in [0.5, 0.6) is 0 Å². The zero-order chi connectivity index (χ0) is 11.8. The van der Waals surface area contributed by atoms with E-state index in [9.17, 15) is 4.79 Å². The van der Waals surface area contributed by atoms with E-state index in [4.69, 9.17) is 5.73 Å². The molecule has 1 unspecified atom stereocenters. The minimum atomic E-state index is 0.253. The van der Waals surface area contributed by atoms with Crippen molar-refractivity contribution in [1.29, 1.82) is 0 Å². The van der Waals surface area contributed by atoms with Gasteiger partial charge in [-0.2, -0.15) is 0 Å². The zero-order valence-electron chi connectivity index (χ0n) is 10.6. The quantitative estimate of drug-likeness (QED) is 0.703. The Balaban J connectivity index is 4.14. The molecule has 0 aliphatic carbocycles. The number of nitrogens with zero attached hydrogens (tertiary/aromatic N) is 1. The molecule has 0 saturated heterocycles. The summed E-state index contributed by atoms with van der Waals surface area (Å²) in [4.78, 5) is 13.8. The maximum Gasteiger partial charge on any atom is 0.222 e. The highest BCUT2D eigenvalue weighted by molar-refractivity contribution is 5.76. The fraction of sp³-hybridized carbons (Fsp3) is 0.917. The molecule has 3 nitrogen and oxygen atoms in total. The summed E-state index contributed by atoms with van der Waals surface area (Å²) in [5.41, 5.74) is 5.60. The molecule has 0 aromatic rings. The standard InChI is InChI=1S/C12H26N2O/c1-5-11(8-13)7-12(15)14(6-2)9-10(3)4/h10-11H,5-9,13H2,1-4H3. The summed E-state index contributed by atoms with van der Waals surface area (Å²) in [7, 11) is 0. The Morgan fingerprint density at radius 1 is 1.33 bits per heavy atom. The summed E-state index contributed by atoms with van der Waals surface area (Å²) in [6, 6.07) is 0. The number of carbonyl (C=O) groups excluding carboxylic acids is 1. The summed E-state index contributed by atoms with van der Waals surface area (Å²) in [6.45, 7) is 10.7. The van der Waals surface area contributed by atoms with E-state index >= 15 is 0 Å². The van der Waals surface area contributed by atoms with Crippen molar-refractivity contribution >= 4 is 5.91 Å². The van der Waals surface area contributed by atoms with E-state index in [1.165, 1.54) is 0 Å². The molecule has 90 valence electrons. The largest absolute Gasteiger partial charge is 0.343 e. The Kier molecular flexibility index (Phi) is 7.39. The SMILES string of the molecule is CCC(CN)CC(=O)N(CC)CC(C)C. The predicted octanol–water partition coefficient (Wildman–Crippen LogP) is 1.87. The molecular formula is C12H26N2O. The first kappa shape index (κ1) is 14.4. The Morgan fingerprint density at radius 3 is 2.27 bits per heavy atom. The van der Waals surface area contributed by atoms with Gasteiger partial charge in [-0.1, -0.05) is 27.2 Å². The van der Waals surface area contributed by atoms with E-state index in [1.54, 1.807) is 0 Å². The second-order valence-electron chi connectivity index (χ2n) is 4.54. The van der Waals surface area contributed by atoms with Crippen molar-refractivity contribution in [2.75, 3.05) is 19.6 Å². The number of carbonyl (C=O) groups is 1. The third-order valence-corrected chi connectivity index (χ3v) is 2.69. The molecule has 0 spiro atoms. The first-order valence-corrected chi connectivity index (χ1v) is 6.02. The topological polar surface area (TPSA) is 46.3 Å². The molecule has 0 aliphatic rings. The van der Waals surface area contributed by atoms with Gasteiger partial charge in [0.2, 0.25) is 5.91 Å². The highest BCUT2D eigenvalue weighted by atomic mass is 16.2. The predicted molar refractivity (Wildman–Crippen MR) is 64.5 cm³/mol. The van der Waals surface area contributed by atoms with E-state index < -0.39 is 0 Å². The Labute approximate surface area is 94.0 Å². The van der Waals surface area contributed by atoms with Gasteiger partial charge in [0.15, 0.2) is 0 Å². The normalized spacial score (nSPS) is 12.9. The Morgan fingerprint density at radius 2 is 1.93 bits per heavy atom. The minimum absolute atomic E-state index is 0.253. The van der Waals surface area contributed by atoms with Crippen molar-refractivity contribution in [3.63, 3.8) is 0 Å². The highest BCUT2D eigenvalue weighted by Crippen LogP contribution is 2.10. The van der Waals surface area contributed by atoms with Crippen molar-refractivity contribution in [2.45, 2.75) is 40.5 Å². The molecule has 3 heteroatoms. The van der Waals surface area contributed by atoms with Gasteiger partial charge in [0.05, 0.1) is 0 Å². The average Bonchev–Trinajstić information content (AvgIpc) is 2.21. The van der Waals surface area contributed by atoms with Crippen LogP contribution in [0, 0.1) is 11.8 Å². The molecule has 0 bridgehead atoms. The van der Waals surface area contributed by atoms with E-state index in [0.717, 1.165) is 19.5 Å². The monoisotopic (exact) mass is 214 g/mol. The van der Waals surface area contributed by atoms with Gasteiger partial charge in [-0.15, -0.1) is 0 Å². The number of hydrogen-bond acceptors (Lipinski definition) is 2. The first-order chi connectivity index (χ1) is 7.04. The fourth-order valence-electron chi connectivity index (χ4n) is 1.62. The molecule has 0 heterocycles. The maximum absolute atomic E-state index is 11.9. The summed E-state index contributed by atoms with van der Waals surface area (Å²) in [5.74, 6) is 1.13. The van der Waals surface area contributed by atoms with Crippen LogP contribution in [-0.4, -0.2) is 30.4 Å². The molecule has 0 radical (unpaired) electrons. The van der Waals surface area contributed by atoms with E-state index in [1.807, 2.05) is 11.8 Å². The second kappa shape index (κ2) is 7.69. The number of amides is 1. The molecule has 0 rings (SSSR count). The fourth-order valence-corrected chi connectivity index (χ4v) is 1.62. The molecule has 0 aliphatic heterocycles. The molecule has 0 aromatic carbocycles. The van der Waals surface area contributed by atoms with Crippen LogP contribution in [0.3, 0.4) is 0 Å². The second-order valence-corrected chi connectivity index (χ2v) is 4.54. The van der Waals surface area contributed by atoms with Crippen molar-refractivity contribution in [3.05, 3.63) is 0 Å². The lowest BCUT2D eigenvalue weighted by molar-refractivity contribution is -0.132. The van der Waals surface area contributed by atoms with Gasteiger partial charge in [-0.3, -0.25) is 4.79 Å². The summed E-state index contributed by atoms with van der Waals surface area (Å²) >= 11 is 0. The van der Waals surface area contributed by atoms with Gasteiger partial charge >= 0.3 is 0 Å². The summed E-state index contributed by atoms with van der Waals surface area (Å²) in [5, 5.41) is 0. The maximum atomic E-state index is 11.9. The Hall–Kier alpha value is -0.570. The molecule has 1 atom stereocenters. The van der Waals surface area contributed by atoms with E-state index in [-0.39, 0.29) is 5.91 Å². The van der Waals surface area contributed by atoms with Gasteiger partial charge in [0.25, 0.3) is 0 Å². The Bertz CT molecular complexity index is 176. The van der Waals surface area contributed by atoms with Gasteiger partial charge in [0.1, 0.15) is 0 Å². The van der Waals surface area contributed by atoms with Gasteiger partial charge in [-0.05, 0) is 25.3 Å². The number of rotatable bonds is 7. The van der Waals surface area contributed by atoms with Gasteiger partial charge in [0, 0.05) is 19.5 Å². The molecular weight excluding hydrogens is 188 g/mol. The smallest absolute Gasteiger partial charge is 0.222 e. The summed E-state index contributed by atoms with van der Waals surface area (Å²) in [6.07, 6.45) is 1.59. The van der Waals surface area contributed by atoms with Crippen LogP contribution in [0.25, 0.3) is 0 Å². The van der Waals surface area contributed by atoms with Gasteiger partial charge in [-0.25, -0.2) is 0 Å². The van der Waals surface area contributed by atoms with Crippen molar-refractivity contribution in [3.8, 4) is 0 Å². The van der Waals surface area contributed by atoms with Crippen LogP contribution in [0.4, 0.5) is 0 Å². The lowest BCUT2D eigenvalue weighted by atomic mass is 10.0. The summed E-state index contributed by atoms with van der Waals surface area (Å²) < 4.78 is 0. The zero-order valence-corrected chi connectivity index (χ0v) is 10.6. The molecule has 1 amide bonds. The van der Waals surface area contributed by atoms with Crippen LogP contribution in [-0.2, 0) is 4.79 Å². The number of hydrogen-bond donors (Lipinski definition) is 1. The minimum Gasteiger partial charge on any atom is -0.343 e. The molecule has 2 N–H and O–H groups in total. The van der Waals surface area contributed by atoms with Crippen LogP contribution in [0.1, 0.15) is 40.5 Å². The van der Waals surface area contributed by atoms with Crippen LogP contribution >= 0.6 is 0 Å². The van der Waals surface area contributed by atoms with Crippen molar-refractivity contribution < 1.29 is 4.79 Å². The molecule has 0 aromatic heterocycles. The van der Waals surface area contributed by atoms with Crippen LogP contribution in [0.2, 0.25) is 0 Å². The molecule has 0 saturated carbocycles. The van der Waals surface area contributed by atoms with Crippen molar-refractivity contribution in [2.24, 2.45) is 17.6 Å². The molecule has 15 heavy (non-hydrogen) atoms. The van der Waals surface area contributed by atoms with Gasteiger partial charge < -0.3 is 10.6 Å². The lowest BCUT2D eigenvalue weighted by Gasteiger charge is -2.24. The number of nitrogens with two attached hydrogens (primary N) is 1. The van der Waals surface area contributed by atoms with E-state index in [2.05, 4.69) is 20.8 Å². The van der Waals surface area contributed by atoms with Crippen LogP contribution in [0.15, 0.2) is 0 Å². The first-order valence-electron chi connectivity index (χ1n) is 6.02. The highest BCUT2D eigenvalue weighted by Gasteiger charge is 2.16.